The number of nitrogens with zero attached hydrogens (tertiary/aromatic N) is 1. The second kappa shape index (κ2) is 5.95. The van der Waals surface area contributed by atoms with Crippen molar-refractivity contribution in [2.24, 2.45) is 5.84 Å². The molecular weight excluding hydrogens is 244 g/mol. The van der Waals surface area contributed by atoms with Gasteiger partial charge < -0.3 is 4.74 Å². The number of nitrogens with two attached hydrogens (primary N) is 1. The van der Waals surface area contributed by atoms with Crippen molar-refractivity contribution in [2.45, 2.75) is 25.9 Å². The third-order valence-corrected chi connectivity index (χ3v) is 3.29. The Kier molecular flexibility index (Phi) is 4.29. The highest BCUT2D eigenvalue weighted by molar-refractivity contribution is 5.81. The van der Waals surface area contributed by atoms with Gasteiger partial charge in [-0.25, -0.2) is 0 Å². The summed E-state index contributed by atoms with van der Waals surface area (Å²) in [4.78, 5) is 23.6. The molecule has 1 fully saturated rings. The van der Waals surface area contributed by atoms with Gasteiger partial charge in [-0.15, -0.1) is 4.59 Å². The molecule has 1 aliphatic heterocycles. The zero-order valence-corrected chi connectivity index (χ0v) is 10.9. The third kappa shape index (κ3) is 3.62. The molecule has 2 rings (SSSR count). The molecule has 1 aliphatic rings. The Labute approximate surface area is 112 Å². The molecule has 102 valence electrons. The Balaban J connectivity index is 1.96. The number of rotatable bonds is 2. The highest BCUT2D eigenvalue weighted by atomic mass is 16.6. The largest absolute Gasteiger partial charge is 0.536 e. The van der Waals surface area contributed by atoms with Crippen LogP contribution in [0.5, 0.6) is 0 Å². The molecule has 0 saturated carbocycles. The number of Topliss-reactive ketones (excluding diaryl/α,β-unsaturated/α-hetero) is 1. The lowest BCUT2D eigenvalue weighted by Crippen LogP contribution is -2.60. The molecule has 1 heterocycles. The topological polar surface area (TPSA) is 69.4 Å². The minimum absolute atomic E-state index is 0.0247. The van der Waals surface area contributed by atoms with Crippen molar-refractivity contribution in [3.05, 3.63) is 35.9 Å². The normalized spacial score (nSPS) is 23.7. The van der Waals surface area contributed by atoms with Gasteiger partial charge in [0.15, 0.2) is 12.3 Å². The van der Waals surface area contributed by atoms with E-state index >= 15 is 0 Å². The molecule has 5 heteroatoms. The van der Waals surface area contributed by atoms with Crippen LogP contribution >= 0.6 is 0 Å². The first-order valence-electron chi connectivity index (χ1n) is 6.49. The number of quaternary nitrogens is 1. The van der Waals surface area contributed by atoms with Gasteiger partial charge in [0.25, 0.3) is 0 Å². The molecule has 1 atom stereocenters. The summed E-state index contributed by atoms with van der Waals surface area (Å²) in [7, 11) is 0. The highest BCUT2D eigenvalue weighted by Crippen LogP contribution is 2.14. The summed E-state index contributed by atoms with van der Waals surface area (Å²) in [6.45, 7) is 0.679. The molecule has 1 aromatic carbocycles. The maximum Gasteiger partial charge on any atom is 0.536 e. The van der Waals surface area contributed by atoms with E-state index in [-0.39, 0.29) is 18.9 Å². The molecule has 5 nitrogen and oxygen atoms in total. The Bertz CT molecular complexity index is 461. The number of ether oxygens (including phenoxy) is 1. The number of hydrogen-bond acceptors (Lipinski definition) is 4. The van der Waals surface area contributed by atoms with Gasteiger partial charge in [0, 0.05) is 6.42 Å². The van der Waals surface area contributed by atoms with Crippen LogP contribution in [0.1, 0.15) is 24.8 Å². The Hall–Kier alpha value is -1.72. The van der Waals surface area contributed by atoms with Crippen molar-refractivity contribution >= 4 is 11.9 Å². The first-order valence-corrected chi connectivity index (χ1v) is 6.49. The molecular formula is C14H19N2O3+. The van der Waals surface area contributed by atoms with Gasteiger partial charge in [0.05, 0.1) is 0 Å². The average molecular weight is 263 g/mol. The van der Waals surface area contributed by atoms with Crippen molar-refractivity contribution < 1.29 is 18.9 Å². The maximum atomic E-state index is 12.1. The molecule has 0 radical (unpaired) electrons. The lowest BCUT2D eigenvalue weighted by molar-refractivity contribution is -0.861. The molecule has 0 aliphatic carbocycles. The van der Waals surface area contributed by atoms with Crippen molar-refractivity contribution in [2.75, 3.05) is 13.1 Å². The highest BCUT2D eigenvalue weighted by Gasteiger charge is 2.39. The monoisotopic (exact) mass is 263 g/mol. The number of amides is 1. The van der Waals surface area contributed by atoms with Crippen LogP contribution in [-0.4, -0.2) is 29.6 Å². The van der Waals surface area contributed by atoms with E-state index in [0.29, 0.717) is 13.0 Å². The fourth-order valence-corrected chi connectivity index (χ4v) is 2.19. The van der Waals surface area contributed by atoms with Crippen molar-refractivity contribution in [3.8, 4) is 0 Å². The molecule has 1 aromatic rings. The van der Waals surface area contributed by atoms with Gasteiger partial charge >= 0.3 is 6.09 Å². The number of benzene rings is 1. The summed E-state index contributed by atoms with van der Waals surface area (Å²) in [6, 6.07) is 9.41. The predicted molar refractivity (Wildman–Crippen MR) is 69.7 cm³/mol. The fourth-order valence-electron chi connectivity index (χ4n) is 2.19. The number of carbonyl (C=O) groups is 2. The second-order valence-electron chi connectivity index (χ2n) is 4.95. The Morgan fingerprint density at radius 2 is 2.00 bits per heavy atom. The van der Waals surface area contributed by atoms with E-state index in [2.05, 4.69) is 0 Å². The first-order chi connectivity index (χ1) is 9.10. The summed E-state index contributed by atoms with van der Waals surface area (Å²) in [5.41, 5.74) is 0.906. The Morgan fingerprint density at radius 3 is 2.74 bits per heavy atom. The summed E-state index contributed by atoms with van der Waals surface area (Å²) in [5, 5.41) is 0. The van der Waals surface area contributed by atoms with Crippen molar-refractivity contribution in [1.82, 2.24) is 0 Å². The lowest BCUT2D eigenvalue weighted by atomic mass is 10.2. The van der Waals surface area contributed by atoms with Crippen LogP contribution in [0.25, 0.3) is 0 Å². The SMILES string of the molecule is N[N+]1(C(=O)OCc2ccccc2)CCCCC(=O)C1. The van der Waals surface area contributed by atoms with Gasteiger partial charge in [-0.1, -0.05) is 30.3 Å². The zero-order valence-electron chi connectivity index (χ0n) is 10.9. The molecule has 0 spiro atoms. The second-order valence-corrected chi connectivity index (χ2v) is 4.95. The third-order valence-electron chi connectivity index (χ3n) is 3.29. The summed E-state index contributed by atoms with van der Waals surface area (Å²) in [5.74, 6) is 6.02. The number of carbonyl (C=O) groups excluding carboxylic acids is 2. The van der Waals surface area contributed by atoms with Crippen LogP contribution < -0.4 is 5.84 Å². The lowest BCUT2D eigenvalue weighted by Gasteiger charge is -2.26. The smallest absolute Gasteiger partial charge is 0.414 e. The van der Waals surface area contributed by atoms with Crippen LogP contribution in [0.3, 0.4) is 0 Å². The van der Waals surface area contributed by atoms with Crippen LogP contribution in [0.15, 0.2) is 30.3 Å². The van der Waals surface area contributed by atoms with Crippen molar-refractivity contribution in [3.63, 3.8) is 0 Å². The maximum absolute atomic E-state index is 12.1. The van der Waals surface area contributed by atoms with E-state index in [0.717, 1.165) is 18.4 Å². The summed E-state index contributed by atoms with van der Waals surface area (Å²) < 4.78 is 4.81. The molecule has 2 N–H and O–H groups in total. The number of likely N-dealkylation sites (tertiary alicyclic amines) is 1. The van der Waals surface area contributed by atoms with Gasteiger partial charge in [0.2, 0.25) is 0 Å². The molecule has 1 unspecified atom stereocenters. The van der Waals surface area contributed by atoms with Crippen molar-refractivity contribution in [1.29, 1.82) is 0 Å². The molecule has 19 heavy (non-hydrogen) atoms. The fraction of sp³-hybridized carbons (Fsp3) is 0.429. The minimum Gasteiger partial charge on any atom is -0.414 e. The van der Waals surface area contributed by atoms with Gasteiger partial charge in [-0.3, -0.25) is 4.79 Å². The van der Waals surface area contributed by atoms with E-state index in [4.69, 9.17) is 10.6 Å². The minimum atomic E-state index is -0.529. The first kappa shape index (κ1) is 13.7. The van der Waals surface area contributed by atoms with E-state index in [1.54, 1.807) is 0 Å². The number of ketones is 1. The van der Waals surface area contributed by atoms with E-state index < -0.39 is 10.7 Å². The average Bonchev–Trinajstić information content (AvgIpc) is 2.59. The standard InChI is InChI=1S/C14H19N2O3/c15-16(9-5-4-8-13(17)10-16)14(18)19-11-12-6-2-1-3-7-12/h1-3,6-7H,4-5,8-11,15H2/q+1. The summed E-state index contributed by atoms with van der Waals surface area (Å²) in [6.07, 6.45) is 1.53. The predicted octanol–water partition coefficient (Wildman–Crippen LogP) is 1.77. The zero-order chi connectivity index (χ0) is 13.7. The van der Waals surface area contributed by atoms with Crippen LogP contribution in [0.4, 0.5) is 4.79 Å². The van der Waals surface area contributed by atoms with Gasteiger partial charge in [0.1, 0.15) is 13.2 Å². The van der Waals surface area contributed by atoms with Crippen LogP contribution in [0.2, 0.25) is 0 Å². The molecule has 0 aromatic heterocycles. The number of hydrogen-bond donors (Lipinski definition) is 1. The quantitative estimate of drug-likeness (QED) is 0.501. The van der Waals surface area contributed by atoms with Gasteiger partial charge in [-0.2, -0.15) is 10.6 Å². The van der Waals surface area contributed by atoms with Gasteiger partial charge in [-0.05, 0) is 18.4 Å². The molecule has 1 saturated heterocycles. The van der Waals surface area contributed by atoms with Crippen LogP contribution in [-0.2, 0) is 16.1 Å². The van der Waals surface area contributed by atoms with E-state index in [1.807, 2.05) is 30.3 Å². The molecule has 1 amide bonds. The molecule has 0 bridgehead atoms. The van der Waals surface area contributed by atoms with E-state index in [1.165, 1.54) is 0 Å². The Morgan fingerprint density at radius 1 is 1.26 bits per heavy atom. The van der Waals surface area contributed by atoms with Crippen LogP contribution in [0, 0.1) is 0 Å². The van der Waals surface area contributed by atoms with E-state index in [9.17, 15) is 9.59 Å². The summed E-state index contributed by atoms with van der Waals surface area (Å²) >= 11 is 0.